The van der Waals surface area contributed by atoms with E-state index in [1.54, 1.807) is 12.0 Å². The van der Waals surface area contributed by atoms with Crippen molar-refractivity contribution in [2.45, 2.75) is 13.1 Å². The van der Waals surface area contributed by atoms with Crippen molar-refractivity contribution >= 4 is 39.7 Å². The summed E-state index contributed by atoms with van der Waals surface area (Å²) >= 11 is 1.42. The number of carbonyl (C=O) groups excluding carboxylic acids is 1. The third kappa shape index (κ3) is 4.61. The van der Waals surface area contributed by atoms with Crippen LogP contribution in [0.4, 0.5) is 0 Å². The molecule has 5 heteroatoms. The topological polar surface area (TPSA) is 41.9 Å². The highest BCUT2D eigenvalue weighted by atomic mass is 32.2. The van der Waals surface area contributed by atoms with Crippen molar-refractivity contribution < 1.29 is 9.53 Å². The van der Waals surface area contributed by atoms with Crippen LogP contribution in [0.3, 0.4) is 0 Å². The Balaban J connectivity index is 1.54. The summed E-state index contributed by atoms with van der Waals surface area (Å²) in [4.78, 5) is 20.8. The summed E-state index contributed by atoms with van der Waals surface area (Å²) in [6.45, 7) is 0.997. The third-order valence-electron chi connectivity index (χ3n) is 5.74. The van der Waals surface area contributed by atoms with Crippen LogP contribution in [0.5, 0.6) is 5.75 Å². The molecule has 4 aromatic carbocycles. The standard InChI is InChI=1S/C29H24N2O2S/c1-33-26-17-16-23-14-8-9-15-24(23)25(26)18-27-28(32)31(20-22-12-6-3-7-13-22)29(34-27)30-19-21-10-4-2-5-11-21/h2-18H,19-20H2,1H3. The number of fused-ring (bicyclic) bond motifs is 1. The fraction of sp³-hybridized carbons (Fsp3) is 0.103. The minimum Gasteiger partial charge on any atom is -0.496 e. The van der Waals surface area contributed by atoms with E-state index in [0.29, 0.717) is 23.2 Å². The molecule has 1 heterocycles. The van der Waals surface area contributed by atoms with Crippen LogP contribution < -0.4 is 4.74 Å². The van der Waals surface area contributed by atoms with E-state index in [1.165, 1.54) is 11.8 Å². The first kappa shape index (κ1) is 22.0. The Morgan fingerprint density at radius 1 is 0.853 bits per heavy atom. The number of ether oxygens (including phenoxy) is 1. The number of methoxy groups -OCH3 is 1. The van der Waals surface area contributed by atoms with Crippen molar-refractivity contribution in [1.82, 2.24) is 4.90 Å². The summed E-state index contributed by atoms with van der Waals surface area (Å²) in [5.41, 5.74) is 3.07. The Morgan fingerprint density at radius 2 is 1.53 bits per heavy atom. The van der Waals surface area contributed by atoms with Gasteiger partial charge in [0.2, 0.25) is 0 Å². The van der Waals surface area contributed by atoms with Gasteiger partial charge in [0.05, 0.1) is 25.1 Å². The molecule has 1 saturated heterocycles. The van der Waals surface area contributed by atoms with Crippen molar-refractivity contribution in [3.63, 3.8) is 0 Å². The second-order valence-corrected chi connectivity index (χ2v) is 8.98. The van der Waals surface area contributed by atoms with E-state index in [9.17, 15) is 4.79 Å². The maximum absolute atomic E-state index is 13.6. The zero-order valence-corrected chi connectivity index (χ0v) is 19.7. The second kappa shape index (κ2) is 9.98. The van der Waals surface area contributed by atoms with Crippen molar-refractivity contribution in [3.05, 3.63) is 119 Å². The Bertz CT molecular complexity index is 1380. The number of benzene rings is 4. The lowest BCUT2D eigenvalue weighted by molar-refractivity contribution is -0.122. The molecule has 1 aliphatic rings. The van der Waals surface area contributed by atoms with E-state index in [2.05, 4.69) is 12.1 Å². The van der Waals surface area contributed by atoms with Crippen LogP contribution >= 0.6 is 11.8 Å². The Labute approximate surface area is 203 Å². The van der Waals surface area contributed by atoms with Gasteiger partial charge in [-0.2, -0.15) is 0 Å². The molecular weight excluding hydrogens is 440 g/mol. The number of nitrogens with zero attached hydrogens (tertiary/aromatic N) is 2. The highest BCUT2D eigenvalue weighted by Gasteiger charge is 2.33. The fourth-order valence-corrected chi connectivity index (χ4v) is 4.96. The summed E-state index contributed by atoms with van der Waals surface area (Å²) in [5.74, 6) is 0.694. The average molecular weight is 465 g/mol. The number of amidine groups is 1. The average Bonchev–Trinajstić information content (AvgIpc) is 3.18. The van der Waals surface area contributed by atoms with Gasteiger partial charge in [0.1, 0.15) is 5.75 Å². The SMILES string of the molecule is COc1ccc2ccccc2c1C=C1SC(=NCc2ccccc2)N(Cc2ccccc2)C1=O. The van der Waals surface area contributed by atoms with E-state index >= 15 is 0 Å². The van der Waals surface area contributed by atoms with E-state index in [-0.39, 0.29) is 5.91 Å². The van der Waals surface area contributed by atoms with E-state index < -0.39 is 0 Å². The number of hydrogen-bond donors (Lipinski definition) is 0. The molecule has 0 bridgehead atoms. The second-order valence-electron chi connectivity index (χ2n) is 7.97. The third-order valence-corrected chi connectivity index (χ3v) is 6.78. The molecule has 34 heavy (non-hydrogen) atoms. The molecule has 1 aliphatic heterocycles. The number of amides is 1. The molecule has 4 aromatic rings. The van der Waals surface area contributed by atoms with Gasteiger partial charge >= 0.3 is 0 Å². The maximum Gasteiger partial charge on any atom is 0.267 e. The van der Waals surface area contributed by atoms with Gasteiger partial charge in [0, 0.05) is 5.56 Å². The normalized spacial score (nSPS) is 16.0. The number of rotatable bonds is 6. The van der Waals surface area contributed by atoms with Gasteiger partial charge in [-0.15, -0.1) is 0 Å². The molecule has 0 atom stereocenters. The lowest BCUT2D eigenvalue weighted by atomic mass is 10.0. The van der Waals surface area contributed by atoms with Crippen LogP contribution in [0.1, 0.15) is 16.7 Å². The monoisotopic (exact) mass is 464 g/mol. The van der Waals surface area contributed by atoms with Crippen LogP contribution in [-0.2, 0) is 17.9 Å². The van der Waals surface area contributed by atoms with Crippen LogP contribution in [-0.4, -0.2) is 23.1 Å². The molecule has 168 valence electrons. The Hall–Kier alpha value is -3.83. The summed E-state index contributed by atoms with van der Waals surface area (Å²) in [6, 6.07) is 32.2. The summed E-state index contributed by atoms with van der Waals surface area (Å²) in [6.07, 6.45) is 1.94. The molecular formula is C29H24N2O2S. The first-order valence-electron chi connectivity index (χ1n) is 11.1. The lowest BCUT2D eigenvalue weighted by Crippen LogP contribution is -2.28. The van der Waals surface area contributed by atoms with Gasteiger partial charge < -0.3 is 4.74 Å². The van der Waals surface area contributed by atoms with Gasteiger partial charge in [-0.25, -0.2) is 0 Å². The van der Waals surface area contributed by atoms with Crippen molar-refractivity contribution in [1.29, 1.82) is 0 Å². The minimum absolute atomic E-state index is 0.0457. The van der Waals surface area contributed by atoms with E-state index in [1.807, 2.05) is 91.0 Å². The van der Waals surface area contributed by atoms with Crippen molar-refractivity contribution in [2.24, 2.45) is 4.99 Å². The molecule has 5 rings (SSSR count). The maximum atomic E-state index is 13.6. The number of aliphatic imine (C=N–C) groups is 1. The molecule has 0 N–H and O–H groups in total. The summed E-state index contributed by atoms with van der Waals surface area (Å²) in [5, 5.41) is 2.86. The molecule has 0 radical (unpaired) electrons. The molecule has 4 nitrogen and oxygen atoms in total. The molecule has 0 aromatic heterocycles. The van der Waals surface area contributed by atoms with Gasteiger partial charge in [-0.1, -0.05) is 91.0 Å². The molecule has 0 spiro atoms. The van der Waals surface area contributed by atoms with Gasteiger partial charge in [-0.3, -0.25) is 14.7 Å². The summed E-state index contributed by atoms with van der Waals surface area (Å²) in [7, 11) is 1.66. The predicted molar refractivity (Wildman–Crippen MR) is 141 cm³/mol. The quantitative estimate of drug-likeness (QED) is 0.305. The van der Waals surface area contributed by atoms with Crippen LogP contribution in [0.15, 0.2) is 107 Å². The first-order chi connectivity index (χ1) is 16.7. The fourth-order valence-electron chi connectivity index (χ4n) is 4.01. The minimum atomic E-state index is -0.0457. The molecule has 0 aliphatic carbocycles. The molecule has 1 amide bonds. The van der Waals surface area contributed by atoms with E-state index in [4.69, 9.17) is 9.73 Å². The molecule has 1 fully saturated rings. The zero-order valence-electron chi connectivity index (χ0n) is 18.8. The zero-order chi connectivity index (χ0) is 23.3. The predicted octanol–water partition coefficient (Wildman–Crippen LogP) is 6.52. The molecule has 0 unspecified atom stereocenters. The largest absolute Gasteiger partial charge is 0.496 e. The Morgan fingerprint density at radius 3 is 2.26 bits per heavy atom. The number of carbonyl (C=O) groups is 1. The van der Waals surface area contributed by atoms with E-state index in [0.717, 1.165) is 33.2 Å². The van der Waals surface area contributed by atoms with Crippen molar-refractivity contribution in [2.75, 3.05) is 7.11 Å². The number of thioether (sulfide) groups is 1. The Kier molecular flexibility index (Phi) is 6.45. The first-order valence-corrected chi connectivity index (χ1v) is 11.9. The summed E-state index contributed by atoms with van der Waals surface area (Å²) < 4.78 is 5.64. The molecule has 0 saturated carbocycles. The van der Waals surface area contributed by atoms with Gasteiger partial charge in [0.15, 0.2) is 5.17 Å². The van der Waals surface area contributed by atoms with Crippen LogP contribution in [0.2, 0.25) is 0 Å². The van der Waals surface area contributed by atoms with Crippen LogP contribution in [0, 0.1) is 0 Å². The van der Waals surface area contributed by atoms with Gasteiger partial charge in [-0.05, 0) is 45.8 Å². The highest BCUT2D eigenvalue weighted by molar-refractivity contribution is 8.18. The smallest absolute Gasteiger partial charge is 0.267 e. The lowest BCUT2D eigenvalue weighted by Gasteiger charge is -2.15. The highest BCUT2D eigenvalue weighted by Crippen LogP contribution is 2.37. The van der Waals surface area contributed by atoms with Gasteiger partial charge in [0.25, 0.3) is 5.91 Å². The van der Waals surface area contributed by atoms with Crippen LogP contribution in [0.25, 0.3) is 16.8 Å². The van der Waals surface area contributed by atoms with Crippen molar-refractivity contribution in [3.8, 4) is 5.75 Å². The number of hydrogen-bond acceptors (Lipinski definition) is 4.